The van der Waals surface area contributed by atoms with Crippen LogP contribution < -0.4 is 16.2 Å². The summed E-state index contributed by atoms with van der Waals surface area (Å²) in [4.78, 5) is 10.8. The molecule has 19 heavy (non-hydrogen) atoms. The van der Waals surface area contributed by atoms with Gasteiger partial charge in [0.2, 0.25) is 15.9 Å². The number of hydrogen-bond acceptors (Lipinski definition) is 4. The van der Waals surface area contributed by atoms with Crippen LogP contribution in [0, 0.1) is 13.8 Å². The Hall–Kier alpha value is -1.60. The minimum absolute atomic E-state index is 0.155. The van der Waals surface area contributed by atoms with E-state index in [1.54, 1.807) is 26.0 Å². The zero-order valence-corrected chi connectivity index (χ0v) is 11.9. The lowest BCUT2D eigenvalue weighted by molar-refractivity contribution is -0.118. The normalized spacial score (nSPS) is 11.5. The fraction of sp³-hybridized carbons (Fsp3) is 0.417. The van der Waals surface area contributed by atoms with Gasteiger partial charge < -0.3 is 11.5 Å². The summed E-state index contributed by atoms with van der Waals surface area (Å²) in [7, 11) is -3.59. The molecule has 0 saturated heterocycles. The van der Waals surface area contributed by atoms with E-state index in [1.807, 2.05) is 0 Å². The first-order valence-corrected chi connectivity index (χ1v) is 7.37. The number of amides is 1. The van der Waals surface area contributed by atoms with Gasteiger partial charge >= 0.3 is 0 Å². The molecule has 0 fully saturated rings. The summed E-state index contributed by atoms with van der Waals surface area (Å²) in [6.07, 6.45) is 0.532. The molecule has 1 aromatic rings. The summed E-state index contributed by atoms with van der Waals surface area (Å²) in [6.45, 7) is 3.57. The lowest BCUT2D eigenvalue weighted by atomic mass is 10.1. The predicted octanol–water partition coefficient (Wildman–Crippen LogP) is 0.429. The van der Waals surface area contributed by atoms with Crippen molar-refractivity contribution in [2.24, 2.45) is 5.73 Å². The number of carbonyl (C=O) groups is 1. The van der Waals surface area contributed by atoms with E-state index in [2.05, 4.69) is 4.72 Å². The van der Waals surface area contributed by atoms with Crippen LogP contribution in [0.4, 0.5) is 5.69 Å². The van der Waals surface area contributed by atoms with Crippen molar-refractivity contribution in [1.82, 2.24) is 4.72 Å². The maximum atomic E-state index is 12.2. The highest BCUT2D eigenvalue weighted by Gasteiger charge is 2.19. The lowest BCUT2D eigenvalue weighted by Gasteiger charge is -2.12. The molecule has 7 heteroatoms. The zero-order valence-electron chi connectivity index (χ0n) is 11.1. The van der Waals surface area contributed by atoms with E-state index in [1.165, 1.54) is 0 Å². The molecule has 0 aliphatic heterocycles. The lowest BCUT2D eigenvalue weighted by Crippen LogP contribution is -2.27. The minimum Gasteiger partial charge on any atom is -0.399 e. The number of aryl methyl sites for hydroxylation is 2. The number of benzene rings is 1. The molecule has 6 nitrogen and oxygen atoms in total. The second kappa shape index (κ2) is 6.03. The van der Waals surface area contributed by atoms with Crippen molar-refractivity contribution < 1.29 is 13.2 Å². The van der Waals surface area contributed by atoms with Gasteiger partial charge in [-0.25, -0.2) is 13.1 Å². The monoisotopic (exact) mass is 285 g/mol. The maximum absolute atomic E-state index is 12.2. The highest BCUT2D eigenvalue weighted by Crippen LogP contribution is 2.22. The molecule has 1 rings (SSSR count). The van der Waals surface area contributed by atoms with Gasteiger partial charge in [0.15, 0.2) is 0 Å². The molecule has 0 radical (unpaired) electrons. The first-order chi connectivity index (χ1) is 8.74. The fourth-order valence-corrected chi connectivity index (χ4v) is 3.47. The molecule has 0 heterocycles. The fourth-order valence-electron chi connectivity index (χ4n) is 1.95. The molecule has 106 valence electrons. The van der Waals surface area contributed by atoms with Crippen LogP contribution in [-0.2, 0) is 14.8 Å². The van der Waals surface area contributed by atoms with Gasteiger partial charge in [-0.2, -0.15) is 0 Å². The van der Waals surface area contributed by atoms with Crippen LogP contribution >= 0.6 is 0 Å². The summed E-state index contributed by atoms with van der Waals surface area (Å²) in [6, 6.07) is 3.23. The van der Waals surface area contributed by atoms with Crippen LogP contribution in [0.25, 0.3) is 0 Å². The predicted molar refractivity (Wildman–Crippen MR) is 73.9 cm³/mol. The number of sulfonamides is 1. The average Bonchev–Trinajstić information content (AvgIpc) is 2.22. The molecule has 0 spiro atoms. The number of rotatable bonds is 6. The third-order valence-electron chi connectivity index (χ3n) is 2.64. The van der Waals surface area contributed by atoms with Gasteiger partial charge in [-0.05, 0) is 43.5 Å². The Morgan fingerprint density at radius 1 is 1.26 bits per heavy atom. The van der Waals surface area contributed by atoms with Gasteiger partial charge in [0, 0.05) is 18.7 Å². The molecule has 0 bridgehead atoms. The Morgan fingerprint density at radius 2 is 1.79 bits per heavy atom. The van der Waals surface area contributed by atoms with Gasteiger partial charge in [-0.15, -0.1) is 0 Å². The van der Waals surface area contributed by atoms with E-state index < -0.39 is 15.9 Å². The summed E-state index contributed by atoms with van der Waals surface area (Å²) in [5.41, 5.74) is 12.4. The van der Waals surface area contributed by atoms with Crippen LogP contribution in [0.2, 0.25) is 0 Å². The zero-order chi connectivity index (χ0) is 14.6. The van der Waals surface area contributed by atoms with E-state index in [9.17, 15) is 13.2 Å². The van der Waals surface area contributed by atoms with Gasteiger partial charge in [0.25, 0.3) is 0 Å². The van der Waals surface area contributed by atoms with Crippen LogP contribution in [0.1, 0.15) is 24.0 Å². The second-order valence-electron chi connectivity index (χ2n) is 4.45. The van der Waals surface area contributed by atoms with E-state index in [4.69, 9.17) is 11.5 Å². The smallest absolute Gasteiger partial charge is 0.241 e. The first-order valence-electron chi connectivity index (χ1n) is 5.88. The topological polar surface area (TPSA) is 115 Å². The largest absolute Gasteiger partial charge is 0.399 e. The summed E-state index contributed by atoms with van der Waals surface area (Å²) in [5, 5.41) is 0. The Labute approximate surface area is 113 Å². The molecule has 0 aliphatic rings. The third-order valence-corrected chi connectivity index (χ3v) is 4.41. The van der Waals surface area contributed by atoms with Gasteiger partial charge in [0.1, 0.15) is 0 Å². The number of carbonyl (C=O) groups excluding carboxylic acids is 1. The number of anilines is 1. The molecular formula is C12H19N3O3S. The average molecular weight is 285 g/mol. The minimum atomic E-state index is -3.59. The van der Waals surface area contributed by atoms with Gasteiger partial charge in [-0.3, -0.25) is 4.79 Å². The summed E-state index contributed by atoms with van der Waals surface area (Å²) in [5.74, 6) is -0.445. The molecular weight excluding hydrogens is 266 g/mol. The molecule has 0 unspecified atom stereocenters. The van der Waals surface area contributed by atoms with Crippen molar-refractivity contribution in [2.45, 2.75) is 31.6 Å². The molecule has 0 aliphatic carbocycles. The molecule has 0 saturated carbocycles. The Bertz CT molecular complexity index is 559. The van der Waals surface area contributed by atoms with Crippen molar-refractivity contribution in [2.75, 3.05) is 12.3 Å². The maximum Gasteiger partial charge on any atom is 0.241 e. The van der Waals surface area contributed by atoms with Crippen molar-refractivity contribution in [1.29, 1.82) is 0 Å². The van der Waals surface area contributed by atoms with Gasteiger partial charge in [-0.1, -0.05) is 0 Å². The van der Waals surface area contributed by atoms with Crippen LogP contribution in [-0.4, -0.2) is 20.9 Å². The highest BCUT2D eigenvalue weighted by atomic mass is 32.2. The van der Waals surface area contributed by atoms with Crippen molar-refractivity contribution in [3.8, 4) is 0 Å². The summed E-state index contributed by atoms with van der Waals surface area (Å²) < 4.78 is 26.8. The third kappa shape index (κ3) is 4.22. The number of nitrogens with two attached hydrogens (primary N) is 2. The van der Waals surface area contributed by atoms with Gasteiger partial charge in [0.05, 0.1) is 4.90 Å². The summed E-state index contributed by atoms with van der Waals surface area (Å²) >= 11 is 0. The van der Waals surface area contributed by atoms with E-state index in [0.29, 0.717) is 23.2 Å². The second-order valence-corrected chi connectivity index (χ2v) is 6.16. The standard InChI is InChI=1S/C12H19N3O3S/c1-8-6-10(13)7-9(2)12(8)19(17,18)15-5-3-4-11(14)16/h6-7,15H,3-5,13H2,1-2H3,(H2,14,16). The Morgan fingerprint density at radius 3 is 2.26 bits per heavy atom. The Balaban J connectivity index is 2.86. The highest BCUT2D eigenvalue weighted by molar-refractivity contribution is 7.89. The number of primary amides is 1. The van der Waals surface area contributed by atoms with Crippen molar-refractivity contribution in [3.63, 3.8) is 0 Å². The van der Waals surface area contributed by atoms with Crippen LogP contribution in [0.3, 0.4) is 0 Å². The quantitative estimate of drug-likeness (QED) is 0.519. The van der Waals surface area contributed by atoms with Crippen molar-refractivity contribution >= 4 is 21.6 Å². The number of hydrogen-bond donors (Lipinski definition) is 3. The van der Waals surface area contributed by atoms with E-state index in [0.717, 1.165) is 0 Å². The Kier molecular flexibility index (Phi) is 4.90. The molecule has 5 N–H and O–H groups in total. The van der Waals surface area contributed by atoms with Crippen molar-refractivity contribution in [3.05, 3.63) is 23.3 Å². The first kappa shape index (κ1) is 15.5. The molecule has 1 aromatic carbocycles. The van der Waals surface area contributed by atoms with E-state index in [-0.39, 0.29) is 17.9 Å². The number of nitrogen functional groups attached to an aromatic ring is 1. The SMILES string of the molecule is Cc1cc(N)cc(C)c1S(=O)(=O)NCCCC(N)=O. The molecule has 0 atom stereocenters. The van der Waals surface area contributed by atoms with Crippen LogP contribution in [0.15, 0.2) is 17.0 Å². The molecule has 0 aromatic heterocycles. The number of nitrogens with one attached hydrogen (secondary N) is 1. The van der Waals surface area contributed by atoms with E-state index >= 15 is 0 Å². The molecule has 1 amide bonds. The van der Waals surface area contributed by atoms with Crippen LogP contribution in [0.5, 0.6) is 0 Å².